The summed E-state index contributed by atoms with van der Waals surface area (Å²) in [6.45, 7) is 13.5. The van der Waals surface area contributed by atoms with Crippen LogP contribution in [0.2, 0.25) is 19.6 Å². The zero-order valence-electron chi connectivity index (χ0n) is 15.5. The summed E-state index contributed by atoms with van der Waals surface area (Å²) in [5, 5.41) is 0. The number of hydrogen-bond acceptors (Lipinski definition) is 1. The van der Waals surface area contributed by atoms with Gasteiger partial charge in [0.25, 0.3) is 0 Å². The third-order valence-corrected chi connectivity index (χ3v) is 4.61. The van der Waals surface area contributed by atoms with Crippen LogP contribution in [-0.2, 0) is 4.43 Å². The van der Waals surface area contributed by atoms with Gasteiger partial charge in [-0.1, -0.05) is 51.1 Å². The van der Waals surface area contributed by atoms with Crippen LogP contribution in [0.1, 0.15) is 45.6 Å². The Hall–Kier alpha value is -1.50. The predicted molar refractivity (Wildman–Crippen MR) is 103 cm³/mol. The largest absolute Gasteiger partial charge is 0.547 e. The predicted octanol–water partition coefficient (Wildman–Crippen LogP) is 6.56. The molecule has 0 aromatic heterocycles. The van der Waals surface area contributed by atoms with Gasteiger partial charge < -0.3 is 4.43 Å². The van der Waals surface area contributed by atoms with Crippen molar-refractivity contribution in [2.24, 2.45) is 5.41 Å². The molecule has 0 unspecified atom stereocenters. The molecule has 1 aliphatic rings. The van der Waals surface area contributed by atoms with Gasteiger partial charge in [-0.3, -0.25) is 0 Å². The fourth-order valence-corrected chi connectivity index (χ4v) is 3.77. The lowest BCUT2D eigenvalue weighted by Crippen LogP contribution is -2.25. The maximum atomic E-state index is 6.21. The topological polar surface area (TPSA) is 9.23 Å². The minimum Gasteiger partial charge on any atom is -0.547 e. The van der Waals surface area contributed by atoms with Crippen molar-refractivity contribution in [3.05, 3.63) is 59.0 Å². The number of benzene rings is 1. The van der Waals surface area contributed by atoms with Crippen LogP contribution < -0.4 is 0 Å². The summed E-state index contributed by atoms with van der Waals surface area (Å²) in [5.74, 6) is 1.15. The molecule has 0 fully saturated rings. The second-order valence-electron chi connectivity index (χ2n) is 8.32. The molecule has 1 nitrogen and oxygen atoms in total. The van der Waals surface area contributed by atoms with E-state index in [4.69, 9.17) is 4.43 Å². The second-order valence-corrected chi connectivity index (χ2v) is 12.7. The van der Waals surface area contributed by atoms with Gasteiger partial charge in [-0.05, 0) is 55.1 Å². The fourth-order valence-electron chi connectivity index (χ4n) is 2.82. The summed E-state index contributed by atoms with van der Waals surface area (Å²) in [7, 11) is -1.53. The normalized spacial score (nSPS) is 15.7. The summed E-state index contributed by atoms with van der Waals surface area (Å²) in [4.78, 5) is 0. The Morgan fingerprint density at radius 1 is 1.04 bits per heavy atom. The molecule has 2 rings (SSSR count). The first-order valence-corrected chi connectivity index (χ1v) is 12.0. The van der Waals surface area contributed by atoms with Crippen molar-refractivity contribution >= 4 is 13.9 Å². The van der Waals surface area contributed by atoms with E-state index in [1.807, 2.05) is 0 Å². The highest BCUT2D eigenvalue weighted by molar-refractivity contribution is 6.70. The summed E-state index contributed by atoms with van der Waals surface area (Å²) in [6, 6.07) is 10.6. The average Bonchev–Trinajstić information content (AvgIpc) is 2.43. The van der Waals surface area contributed by atoms with Crippen LogP contribution in [0.5, 0.6) is 0 Å². The Labute approximate surface area is 142 Å². The highest BCUT2D eigenvalue weighted by atomic mass is 28.4. The van der Waals surface area contributed by atoms with E-state index in [2.05, 4.69) is 82.6 Å². The Morgan fingerprint density at radius 2 is 1.70 bits per heavy atom. The van der Waals surface area contributed by atoms with Gasteiger partial charge in [-0.15, -0.1) is 5.73 Å². The minimum absolute atomic E-state index is 0.0689. The monoisotopic (exact) mass is 326 g/mol. The standard InChI is InChI=1S/C21H30OSi/c1-21(2,3)20(18-12-8-7-9-13-18)16-17-11-10-14-19(15-17)22-23(4,5)6/h7-9,12-13,15H,10-11,14H2,1-6H3. The van der Waals surface area contributed by atoms with Crippen molar-refractivity contribution in [3.8, 4) is 0 Å². The lowest BCUT2D eigenvalue weighted by atomic mass is 9.82. The van der Waals surface area contributed by atoms with Crippen LogP contribution in [0.15, 0.2) is 53.5 Å². The molecule has 0 amide bonds. The van der Waals surface area contributed by atoms with Gasteiger partial charge in [0.2, 0.25) is 8.32 Å². The number of hydrogen-bond donors (Lipinski definition) is 0. The Kier molecular flexibility index (Phi) is 5.39. The van der Waals surface area contributed by atoms with Crippen LogP contribution in [0, 0.1) is 5.41 Å². The third-order valence-electron chi connectivity index (χ3n) is 3.74. The number of allylic oxidation sites excluding steroid dienone is 3. The van der Waals surface area contributed by atoms with Gasteiger partial charge in [0.05, 0.1) is 5.76 Å². The maximum absolute atomic E-state index is 6.21. The van der Waals surface area contributed by atoms with E-state index >= 15 is 0 Å². The second kappa shape index (κ2) is 6.94. The van der Waals surface area contributed by atoms with E-state index in [-0.39, 0.29) is 5.41 Å². The molecule has 2 heteroatoms. The zero-order valence-corrected chi connectivity index (χ0v) is 16.5. The van der Waals surface area contributed by atoms with E-state index in [9.17, 15) is 0 Å². The highest BCUT2D eigenvalue weighted by Gasteiger charge is 2.21. The Balaban J connectivity index is 2.48. The number of rotatable bonds is 3. The molecule has 23 heavy (non-hydrogen) atoms. The Morgan fingerprint density at radius 3 is 2.26 bits per heavy atom. The fraction of sp³-hybridized carbons (Fsp3) is 0.476. The maximum Gasteiger partial charge on any atom is 0.241 e. The molecule has 0 N–H and O–H groups in total. The first-order valence-electron chi connectivity index (χ1n) is 8.60. The van der Waals surface area contributed by atoms with E-state index in [0.29, 0.717) is 0 Å². The molecule has 0 heterocycles. The van der Waals surface area contributed by atoms with Crippen molar-refractivity contribution in [1.82, 2.24) is 0 Å². The van der Waals surface area contributed by atoms with Gasteiger partial charge in [0, 0.05) is 12.0 Å². The van der Waals surface area contributed by atoms with Gasteiger partial charge in [-0.25, -0.2) is 0 Å². The van der Waals surface area contributed by atoms with E-state index < -0.39 is 8.32 Å². The summed E-state index contributed by atoms with van der Waals surface area (Å²) >= 11 is 0. The molecule has 124 valence electrons. The van der Waals surface area contributed by atoms with Crippen molar-refractivity contribution in [2.75, 3.05) is 0 Å². The molecule has 1 aromatic rings. The highest BCUT2D eigenvalue weighted by Crippen LogP contribution is 2.34. The first kappa shape index (κ1) is 17.8. The Bertz CT molecular complexity index is 633. The van der Waals surface area contributed by atoms with E-state index in [1.54, 1.807) is 0 Å². The zero-order chi connectivity index (χ0) is 17.1. The van der Waals surface area contributed by atoms with Crippen molar-refractivity contribution < 1.29 is 4.43 Å². The van der Waals surface area contributed by atoms with Crippen LogP contribution in [0.25, 0.3) is 5.57 Å². The van der Waals surface area contributed by atoms with Crippen molar-refractivity contribution in [1.29, 1.82) is 0 Å². The summed E-state index contributed by atoms with van der Waals surface area (Å²) in [5.41, 5.74) is 7.60. The molecule has 0 radical (unpaired) electrons. The molecule has 0 saturated carbocycles. The SMILES string of the molecule is CC(C)(C)C(=C=C1C=C(O[Si](C)(C)C)CCC1)c1ccccc1. The molecule has 0 atom stereocenters. The van der Waals surface area contributed by atoms with Gasteiger partial charge in [0.15, 0.2) is 0 Å². The molecule has 1 aromatic carbocycles. The molecule has 0 spiro atoms. The smallest absolute Gasteiger partial charge is 0.241 e. The van der Waals surface area contributed by atoms with Crippen LogP contribution >= 0.6 is 0 Å². The summed E-state index contributed by atoms with van der Waals surface area (Å²) < 4.78 is 6.21. The quantitative estimate of drug-likeness (QED) is 0.451. The molecule has 0 saturated heterocycles. The van der Waals surface area contributed by atoms with Crippen LogP contribution in [0.3, 0.4) is 0 Å². The molecule has 0 bridgehead atoms. The van der Waals surface area contributed by atoms with Crippen LogP contribution in [0.4, 0.5) is 0 Å². The van der Waals surface area contributed by atoms with Crippen molar-refractivity contribution in [2.45, 2.75) is 59.7 Å². The van der Waals surface area contributed by atoms with E-state index in [1.165, 1.54) is 16.7 Å². The van der Waals surface area contributed by atoms with Crippen LogP contribution in [-0.4, -0.2) is 8.32 Å². The third kappa shape index (κ3) is 5.57. The average molecular weight is 327 g/mol. The molecule has 0 aliphatic heterocycles. The molecular formula is C21H30OSi. The lowest BCUT2D eigenvalue weighted by molar-refractivity contribution is 0.388. The van der Waals surface area contributed by atoms with Gasteiger partial charge in [0.1, 0.15) is 0 Å². The molecule has 1 aliphatic carbocycles. The minimum atomic E-state index is -1.53. The molecular weight excluding hydrogens is 296 g/mol. The summed E-state index contributed by atoms with van der Waals surface area (Å²) in [6.07, 6.45) is 5.54. The van der Waals surface area contributed by atoms with Crippen molar-refractivity contribution in [3.63, 3.8) is 0 Å². The first-order chi connectivity index (χ1) is 10.6. The lowest BCUT2D eigenvalue weighted by Gasteiger charge is -2.25. The van der Waals surface area contributed by atoms with Gasteiger partial charge >= 0.3 is 0 Å². The van der Waals surface area contributed by atoms with Gasteiger partial charge in [-0.2, -0.15) is 0 Å². The van der Waals surface area contributed by atoms with E-state index in [0.717, 1.165) is 25.0 Å².